The number of pyridine rings is 1. The maximum Gasteiger partial charge on any atom is 0.0734 e. The van der Waals surface area contributed by atoms with Gasteiger partial charge in [-0.05, 0) is 50.1 Å². The molecule has 3 heteroatoms. The van der Waals surface area contributed by atoms with E-state index in [1.165, 1.54) is 26.3 Å². The molecule has 0 aliphatic rings. The number of benzene rings is 1. The Balaban J connectivity index is 1.61. The van der Waals surface area contributed by atoms with E-state index in [0.717, 1.165) is 25.0 Å². The maximum atomic E-state index is 4.51. The molecule has 3 rings (SSSR count). The molecule has 0 aliphatic heterocycles. The number of fused-ring (bicyclic) bond motifs is 1. The normalized spacial score (nSPS) is 11.1. The first-order chi connectivity index (χ1) is 10.2. The highest BCUT2D eigenvalue weighted by Crippen LogP contribution is 2.20. The van der Waals surface area contributed by atoms with Crippen molar-refractivity contribution in [2.75, 3.05) is 6.54 Å². The summed E-state index contributed by atoms with van der Waals surface area (Å²) < 4.78 is 0. The van der Waals surface area contributed by atoms with Gasteiger partial charge in [0.2, 0.25) is 0 Å². The number of thiophene rings is 1. The topological polar surface area (TPSA) is 24.9 Å². The van der Waals surface area contributed by atoms with E-state index >= 15 is 0 Å². The number of rotatable bonds is 5. The van der Waals surface area contributed by atoms with E-state index < -0.39 is 0 Å². The molecule has 0 unspecified atom stereocenters. The summed E-state index contributed by atoms with van der Waals surface area (Å²) in [7, 11) is 0. The molecule has 21 heavy (non-hydrogen) atoms. The van der Waals surface area contributed by atoms with Gasteiger partial charge in [-0.25, -0.2) is 0 Å². The summed E-state index contributed by atoms with van der Waals surface area (Å²) in [5.74, 6) is 0. The number of aromatic nitrogens is 1. The Morgan fingerprint density at radius 1 is 1.10 bits per heavy atom. The molecule has 2 heterocycles. The number of nitrogens with one attached hydrogen (secondary N) is 1. The number of para-hydroxylation sites is 1. The molecule has 3 aromatic rings. The summed E-state index contributed by atoms with van der Waals surface area (Å²) in [6, 6.07) is 12.8. The summed E-state index contributed by atoms with van der Waals surface area (Å²) in [5.41, 5.74) is 3.87. The Morgan fingerprint density at radius 2 is 1.95 bits per heavy atom. The zero-order valence-corrected chi connectivity index (χ0v) is 13.3. The van der Waals surface area contributed by atoms with Crippen molar-refractivity contribution in [3.8, 4) is 0 Å². The van der Waals surface area contributed by atoms with Crippen molar-refractivity contribution < 1.29 is 0 Å². The van der Waals surface area contributed by atoms with Crippen LogP contribution in [0.5, 0.6) is 0 Å². The standard InChI is InChI=1S/C18H20N2S/c1-13-11-17(14(2)21-13)12-19-10-8-16-6-3-5-15-7-4-9-20-18(15)16/h3-7,9,11,19H,8,10,12H2,1-2H3. The van der Waals surface area contributed by atoms with Crippen molar-refractivity contribution in [2.45, 2.75) is 26.8 Å². The van der Waals surface area contributed by atoms with E-state index in [2.05, 4.69) is 54.5 Å². The van der Waals surface area contributed by atoms with Gasteiger partial charge in [0.05, 0.1) is 5.52 Å². The number of hydrogen-bond acceptors (Lipinski definition) is 3. The number of aryl methyl sites for hydroxylation is 2. The summed E-state index contributed by atoms with van der Waals surface area (Å²) in [4.78, 5) is 7.32. The second-order valence-corrected chi connectivity index (χ2v) is 6.82. The van der Waals surface area contributed by atoms with Crippen molar-refractivity contribution in [2.24, 2.45) is 0 Å². The average Bonchev–Trinajstić information content (AvgIpc) is 2.82. The summed E-state index contributed by atoms with van der Waals surface area (Å²) >= 11 is 1.88. The fourth-order valence-electron chi connectivity index (χ4n) is 2.67. The molecule has 0 spiro atoms. The second-order valence-electron chi connectivity index (χ2n) is 5.36. The molecular weight excluding hydrogens is 276 g/mol. The summed E-state index contributed by atoms with van der Waals surface area (Å²) in [5, 5.41) is 4.77. The average molecular weight is 296 g/mol. The fourth-order valence-corrected chi connectivity index (χ4v) is 3.62. The monoisotopic (exact) mass is 296 g/mol. The predicted octanol–water partition coefficient (Wildman–Crippen LogP) is 4.25. The summed E-state index contributed by atoms with van der Waals surface area (Å²) in [6.45, 7) is 6.30. The largest absolute Gasteiger partial charge is 0.312 e. The van der Waals surface area contributed by atoms with E-state index in [1.54, 1.807) is 0 Å². The van der Waals surface area contributed by atoms with Crippen LogP contribution in [-0.2, 0) is 13.0 Å². The molecule has 0 bridgehead atoms. The molecule has 2 nitrogen and oxygen atoms in total. The molecule has 108 valence electrons. The lowest BCUT2D eigenvalue weighted by Gasteiger charge is -2.07. The van der Waals surface area contributed by atoms with Crippen molar-refractivity contribution in [1.29, 1.82) is 0 Å². The van der Waals surface area contributed by atoms with Crippen LogP contribution in [-0.4, -0.2) is 11.5 Å². The Bertz CT molecular complexity index is 741. The van der Waals surface area contributed by atoms with Gasteiger partial charge in [0.1, 0.15) is 0 Å². The molecule has 0 aliphatic carbocycles. The molecule has 0 saturated heterocycles. The Labute approximate surface area is 129 Å². The minimum atomic E-state index is 0.953. The van der Waals surface area contributed by atoms with Gasteiger partial charge in [0.25, 0.3) is 0 Å². The lowest BCUT2D eigenvalue weighted by atomic mass is 10.1. The molecule has 0 radical (unpaired) electrons. The third kappa shape index (κ3) is 3.31. The van der Waals surface area contributed by atoms with Gasteiger partial charge in [0, 0.05) is 27.9 Å². The van der Waals surface area contributed by atoms with Gasteiger partial charge in [-0.1, -0.05) is 24.3 Å². The summed E-state index contributed by atoms with van der Waals surface area (Å²) in [6.07, 6.45) is 2.88. The van der Waals surface area contributed by atoms with Crippen molar-refractivity contribution in [3.05, 3.63) is 63.5 Å². The molecule has 1 N–H and O–H groups in total. The predicted molar refractivity (Wildman–Crippen MR) is 90.9 cm³/mol. The third-order valence-corrected chi connectivity index (χ3v) is 4.75. The first-order valence-corrected chi connectivity index (χ1v) is 8.15. The first kappa shape index (κ1) is 14.2. The third-order valence-electron chi connectivity index (χ3n) is 3.75. The van der Waals surface area contributed by atoms with E-state index in [1.807, 2.05) is 23.6 Å². The van der Waals surface area contributed by atoms with E-state index in [0.29, 0.717) is 0 Å². The van der Waals surface area contributed by atoms with E-state index in [9.17, 15) is 0 Å². The van der Waals surface area contributed by atoms with E-state index in [4.69, 9.17) is 0 Å². The molecule has 1 aromatic carbocycles. The minimum Gasteiger partial charge on any atom is -0.312 e. The van der Waals surface area contributed by atoms with Crippen molar-refractivity contribution in [3.63, 3.8) is 0 Å². The SMILES string of the molecule is Cc1cc(CNCCc2cccc3cccnc23)c(C)s1. The van der Waals surface area contributed by atoms with Gasteiger partial charge >= 0.3 is 0 Å². The van der Waals surface area contributed by atoms with Gasteiger partial charge in [-0.15, -0.1) is 11.3 Å². The highest BCUT2D eigenvalue weighted by Gasteiger charge is 2.04. The molecule has 0 atom stereocenters. The van der Waals surface area contributed by atoms with Crippen LogP contribution in [0, 0.1) is 13.8 Å². The second kappa shape index (κ2) is 6.37. The Morgan fingerprint density at radius 3 is 2.76 bits per heavy atom. The van der Waals surface area contributed by atoms with Crippen LogP contribution < -0.4 is 5.32 Å². The van der Waals surface area contributed by atoms with Crippen LogP contribution in [0.1, 0.15) is 20.9 Å². The molecule has 0 amide bonds. The van der Waals surface area contributed by atoms with E-state index in [-0.39, 0.29) is 0 Å². The van der Waals surface area contributed by atoms with Crippen molar-refractivity contribution in [1.82, 2.24) is 10.3 Å². The quantitative estimate of drug-likeness (QED) is 0.712. The smallest absolute Gasteiger partial charge is 0.0734 e. The molecule has 0 saturated carbocycles. The van der Waals surface area contributed by atoms with Gasteiger partial charge in [-0.3, -0.25) is 4.98 Å². The zero-order valence-electron chi connectivity index (χ0n) is 12.5. The van der Waals surface area contributed by atoms with Crippen molar-refractivity contribution >= 4 is 22.2 Å². The van der Waals surface area contributed by atoms with Gasteiger partial charge < -0.3 is 5.32 Å². The lowest BCUT2D eigenvalue weighted by Crippen LogP contribution is -2.17. The highest BCUT2D eigenvalue weighted by atomic mass is 32.1. The first-order valence-electron chi connectivity index (χ1n) is 7.33. The van der Waals surface area contributed by atoms with Crippen LogP contribution in [0.3, 0.4) is 0 Å². The molecular formula is C18H20N2S. The van der Waals surface area contributed by atoms with Crippen LogP contribution >= 0.6 is 11.3 Å². The zero-order chi connectivity index (χ0) is 14.7. The minimum absolute atomic E-state index is 0.953. The van der Waals surface area contributed by atoms with Gasteiger partial charge in [-0.2, -0.15) is 0 Å². The Hall–Kier alpha value is -1.71. The highest BCUT2D eigenvalue weighted by molar-refractivity contribution is 7.12. The van der Waals surface area contributed by atoms with Crippen LogP contribution in [0.15, 0.2) is 42.6 Å². The molecule has 0 fully saturated rings. The van der Waals surface area contributed by atoms with Gasteiger partial charge in [0.15, 0.2) is 0 Å². The fraction of sp³-hybridized carbons (Fsp3) is 0.278. The number of hydrogen-bond donors (Lipinski definition) is 1. The van der Waals surface area contributed by atoms with Crippen LogP contribution in [0.2, 0.25) is 0 Å². The van der Waals surface area contributed by atoms with Crippen LogP contribution in [0.4, 0.5) is 0 Å². The molecule has 2 aromatic heterocycles. The lowest BCUT2D eigenvalue weighted by molar-refractivity contribution is 0.687. The maximum absolute atomic E-state index is 4.51. The Kier molecular flexibility index (Phi) is 4.32. The number of nitrogens with zero attached hydrogens (tertiary/aromatic N) is 1. The van der Waals surface area contributed by atoms with Crippen LogP contribution in [0.25, 0.3) is 10.9 Å².